The molecule has 5 rings (SSSR count). The maximum Gasteiger partial charge on any atom is 0.254 e. The molecule has 6 heteroatoms. The number of fused-ring (bicyclic) bond motifs is 2. The van der Waals surface area contributed by atoms with Crippen LogP contribution in [0.4, 0.5) is 5.69 Å². The second-order valence-corrected chi connectivity index (χ2v) is 7.51. The number of benzene rings is 3. The number of amidine groups is 1. The molecular weight excluding hydrogens is 390 g/mol. The highest BCUT2D eigenvalue weighted by Gasteiger charge is 2.27. The molecule has 31 heavy (non-hydrogen) atoms. The molecule has 0 bridgehead atoms. The summed E-state index contributed by atoms with van der Waals surface area (Å²) in [5.74, 6) is 3.13. The van der Waals surface area contributed by atoms with E-state index in [4.69, 9.17) is 14.5 Å². The fraction of sp³-hybridized carbons (Fsp3) is 0.200. The highest BCUT2D eigenvalue weighted by molar-refractivity contribution is 6.04. The van der Waals surface area contributed by atoms with Crippen LogP contribution in [0.1, 0.15) is 15.9 Å². The average molecular weight is 413 g/mol. The van der Waals surface area contributed by atoms with Crippen molar-refractivity contribution in [3.05, 3.63) is 83.9 Å². The van der Waals surface area contributed by atoms with Gasteiger partial charge in [-0.05, 0) is 42.5 Å². The van der Waals surface area contributed by atoms with Crippen molar-refractivity contribution in [3.63, 3.8) is 0 Å². The van der Waals surface area contributed by atoms with E-state index < -0.39 is 0 Å². The molecule has 0 unspecified atom stereocenters. The molecule has 0 aromatic heterocycles. The molecular formula is C25H23N3O3. The number of nitrogens with zero attached hydrogens (tertiary/aromatic N) is 3. The first-order valence-electron chi connectivity index (χ1n) is 10.4. The van der Waals surface area contributed by atoms with E-state index in [-0.39, 0.29) is 5.91 Å². The minimum absolute atomic E-state index is 0.0236. The number of piperazine rings is 1. The van der Waals surface area contributed by atoms with Crippen molar-refractivity contribution in [1.82, 2.24) is 9.80 Å². The van der Waals surface area contributed by atoms with Crippen molar-refractivity contribution in [2.24, 2.45) is 4.99 Å². The van der Waals surface area contributed by atoms with E-state index in [9.17, 15) is 4.79 Å². The third-order valence-corrected chi connectivity index (χ3v) is 5.62. The van der Waals surface area contributed by atoms with Crippen LogP contribution in [0.25, 0.3) is 0 Å². The number of methoxy groups -OCH3 is 1. The number of carbonyl (C=O) groups is 1. The number of ether oxygens (including phenoxy) is 2. The zero-order chi connectivity index (χ0) is 21.2. The summed E-state index contributed by atoms with van der Waals surface area (Å²) >= 11 is 0. The normalized spacial score (nSPS) is 15.2. The first-order chi connectivity index (χ1) is 15.2. The molecule has 0 atom stereocenters. The van der Waals surface area contributed by atoms with Gasteiger partial charge in [-0.15, -0.1) is 0 Å². The zero-order valence-corrected chi connectivity index (χ0v) is 17.3. The van der Waals surface area contributed by atoms with Crippen molar-refractivity contribution in [1.29, 1.82) is 0 Å². The molecule has 1 amide bonds. The summed E-state index contributed by atoms with van der Waals surface area (Å²) < 4.78 is 11.4. The second-order valence-electron chi connectivity index (χ2n) is 7.51. The molecule has 0 aliphatic carbocycles. The largest absolute Gasteiger partial charge is 0.497 e. The highest BCUT2D eigenvalue weighted by atomic mass is 16.5. The standard InChI is InChI=1S/C25H23N3O3/c1-30-19-8-6-7-18(17-19)25(29)28-15-13-27(14-16-28)24-20-9-2-4-11-22(20)31-23-12-5-3-10-21(23)26-24/h2-12,17H,13-16H2,1H3. The van der Waals surface area contributed by atoms with Crippen molar-refractivity contribution >= 4 is 17.4 Å². The molecule has 6 nitrogen and oxygen atoms in total. The fourth-order valence-electron chi connectivity index (χ4n) is 3.97. The Balaban J connectivity index is 1.38. The van der Waals surface area contributed by atoms with Crippen molar-refractivity contribution in [2.75, 3.05) is 33.3 Å². The molecule has 0 saturated carbocycles. The molecule has 2 heterocycles. The quantitative estimate of drug-likeness (QED) is 0.627. The van der Waals surface area contributed by atoms with E-state index in [0.29, 0.717) is 37.5 Å². The number of hydrogen-bond donors (Lipinski definition) is 0. The smallest absolute Gasteiger partial charge is 0.254 e. The Labute approximate surface area is 181 Å². The van der Waals surface area contributed by atoms with Crippen LogP contribution in [0.3, 0.4) is 0 Å². The van der Waals surface area contributed by atoms with Crippen LogP contribution in [-0.2, 0) is 0 Å². The lowest BCUT2D eigenvalue weighted by molar-refractivity contribution is 0.0692. The topological polar surface area (TPSA) is 54.4 Å². The Morgan fingerprint density at radius 2 is 1.65 bits per heavy atom. The summed E-state index contributed by atoms with van der Waals surface area (Å²) in [5, 5.41) is 0. The van der Waals surface area contributed by atoms with E-state index in [1.165, 1.54) is 0 Å². The lowest BCUT2D eigenvalue weighted by Crippen LogP contribution is -2.50. The van der Waals surface area contributed by atoms with Gasteiger partial charge in [0, 0.05) is 31.7 Å². The monoisotopic (exact) mass is 413 g/mol. The van der Waals surface area contributed by atoms with Crippen LogP contribution >= 0.6 is 0 Å². The Morgan fingerprint density at radius 1 is 0.903 bits per heavy atom. The van der Waals surface area contributed by atoms with E-state index in [2.05, 4.69) is 4.90 Å². The molecule has 0 radical (unpaired) electrons. The summed E-state index contributed by atoms with van der Waals surface area (Å²) in [5.41, 5.74) is 2.42. The summed E-state index contributed by atoms with van der Waals surface area (Å²) in [6.07, 6.45) is 0. The van der Waals surface area contributed by atoms with Gasteiger partial charge in [0.15, 0.2) is 5.75 Å². The third-order valence-electron chi connectivity index (χ3n) is 5.62. The van der Waals surface area contributed by atoms with Crippen molar-refractivity contribution in [3.8, 4) is 17.2 Å². The van der Waals surface area contributed by atoms with E-state index >= 15 is 0 Å². The maximum absolute atomic E-state index is 13.0. The lowest BCUT2D eigenvalue weighted by atomic mass is 10.1. The lowest BCUT2D eigenvalue weighted by Gasteiger charge is -2.36. The maximum atomic E-state index is 13.0. The van der Waals surface area contributed by atoms with Crippen molar-refractivity contribution in [2.45, 2.75) is 0 Å². The predicted molar refractivity (Wildman–Crippen MR) is 120 cm³/mol. The number of aliphatic imine (C=N–C) groups is 1. The first kappa shape index (κ1) is 19.2. The molecule has 1 saturated heterocycles. The van der Waals surface area contributed by atoms with E-state index in [0.717, 1.165) is 28.6 Å². The number of rotatable bonds is 2. The SMILES string of the molecule is COc1cccc(C(=O)N2CCN(C3=Nc4ccccc4Oc4ccccc43)CC2)c1. The molecule has 2 aliphatic rings. The van der Waals surface area contributed by atoms with E-state index in [1.807, 2.05) is 71.6 Å². The van der Waals surface area contributed by atoms with Crippen LogP contribution in [0.2, 0.25) is 0 Å². The van der Waals surface area contributed by atoms with Gasteiger partial charge in [-0.2, -0.15) is 0 Å². The number of carbonyl (C=O) groups excluding carboxylic acids is 1. The van der Waals surface area contributed by atoms with Crippen LogP contribution in [0.5, 0.6) is 17.2 Å². The summed E-state index contributed by atoms with van der Waals surface area (Å²) in [4.78, 5) is 22.0. The predicted octanol–water partition coefficient (Wildman–Crippen LogP) is 4.34. The van der Waals surface area contributed by atoms with Crippen LogP contribution < -0.4 is 9.47 Å². The first-order valence-corrected chi connectivity index (χ1v) is 10.4. The Kier molecular flexibility index (Phi) is 5.04. The van der Waals surface area contributed by atoms with Gasteiger partial charge in [0.25, 0.3) is 5.91 Å². The molecule has 0 spiro atoms. The van der Waals surface area contributed by atoms with Gasteiger partial charge in [-0.25, -0.2) is 4.99 Å². The van der Waals surface area contributed by atoms with Crippen LogP contribution in [0, 0.1) is 0 Å². The highest BCUT2D eigenvalue weighted by Crippen LogP contribution is 2.37. The minimum atomic E-state index is 0.0236. The summed E-state index contributed by atoms with van der Waals surface area (Å²) in [7, 11) is 1.61. The van der Waals surface area contributed by atoms with Crippen molar-refractivity contribution < 1.29 is 14.3 Å². The van der Waals surface area contributed by atoms with Gasteiger partial charge in [-0.3, -0.25) is 4.79 Å². The van der Waals surface area contributed by atoms with Gasteiger partial charge in [0.2, 0.25) is 0 Å². The third kappa shape index (κ3) is 3.72. The molecule has 3 aromatic rings. The fourth-order valence-corrected chi connectivity index (χ4v) is 3.97. The Hall–Kier alpha value is -3.80. The molecule has 1 fully saturated rings. The van der Waals surface area contributed by atoms with Gasteiger partial charge < -0.3 is 19.3 Å². The number of para-hydroxylation sites is 3. The second kappa shape index (κ2) is 8.14. The van der Waals surface area contributed by atoms with Gasteiger partial charge in [-0.1, -0.05) is 30.3 Å². The van der Waals surface area contributed by atoms with Gasteiger partial charge in [0.05, 0.1) is 12.7 Å². The Morgan fingerprint density at radius 3 is 2.45 bits per heavy atom. The number of hydrogen-bond acceptors (Lipinski definition) is 5. The summed E-state index contributed by atoms with van der Waals surface area (Å²) in [6, 6.07) is 23.1. The summed E-state index contributed by atoms with van der Waals surface area (Å²) in [6.45, 7) is 2.65. The zero-order valence-electron chi connectivity index (χ0n) is 17.3. The molecule has 2 aliphatic heterocycles. The molecule has 3 aromatic carbocycles. The molecule has 156 valence electrons. The Bertz CT molecular complexity index is 1150. The molecule has 0 N–H and O–H groups in total. The van der Waals surface area contributed by atoms with Gasteiger partial charge >= 0.3 is 0 Å². The van der Waals surface area contributed by atoms with Crippen LogP contribution in [-0.4, -0.2) is 54.8 Å². The average Bonchev–Trinajstić information content (AvgIpc) is 3.00. The number of amides is 1. The van der Waals surface area contributed by atoms with Crippen LogP contribution in [0.15, 0.2) is 77.8 Å². The minimum Gasteiger partial charge on any atom is -0.497 e. The van der Waals surface area contributed by atoms with E-state index in [1.54, 1.807) is 13.2 Å². The van der Waals surface area contributed by atoms with Gasteiger partial charge in [0.1, 0.15) is 23.0 Å².